The van der Waals surface area contributed by atoms with Crippen LogP contribution < -0.4 is 0 Å². The van der Waals surface area contributed by atoms with Crippen LogP contribution in [0.1, 0.15) is 310 Å². The van der Waals surface area contributed by atoms with E-state index in [9.17, 15) is 14.4 Å². The van der Waals surface area contributed by atoms with Gasteiger partial charge in [0.05, 0.1) is 0 Å². The van der Waals surface area contributed by atoms with E-state index >= 15 is 0 Å². The zero-order valence-electron chi connectivity index (χ0n) is 50.0. The van der Waals surface area contributed by atoms with Crippen LogP contribution in [0.5, 0.6) is 0 Å². The molecule has 436 valence electrons. The number of ether oxygens (including phenoxy) is 3. The van der Waals surface area contributed by atoms with Gasteiger partial charge in [0.25, 0.3) is 0 Å². The molecule has 0 aromatic heterocycles. The van der Waals surface area contributed by atoms with E-state index in [1.165, 1.54) is 173 Å². The highest BCUT2D eigenvalue weighted by Gasteiger charge is 2.19. The minimum Gasteiger partial charge on any atom is -0.462 e. The number of allylic oxidation sites excluding steroid dienone is 16. The zero-order chi connectivity index (χ0) is 55.0. The molecular formula is C70H120O6. The van der Waals surface area contributed by atoms with Crippen molar-refractivity contribution >= 4 is 17.9 Å². The van der Waals surface area contributed by atoms with Crippen molar-refractivity contribution in [1.82, 2.24) is 0 Å². The molecule has 6 nitrogen and oxygen atoms in total. The fraction of sp³-hybridized carbons (Fsp3) is 0.729. The van der Waals surface area contributed by atoms with Gasteiger partial charge < -0.3 is 14.2 Å². The van der Waals surface area contributed by atoms with E-state index in [-0.39, 0.29) is 37.5 Å². The van der Waals surface area contributed by atoms with E-state index in [1.54, 1.807) is 0 Å². The first kappa shape index (κ1) is 72.3. The second kappa shape index (κ2) is 63.9. The van der Waals surface area contributed by atoms with Gasteiger partial charge in [-0.2, -0.15) is 0 Å². The van der Waals surface area contributed by atoms with Gasteiger partial charge in [-0.3, -0.25) is 14.4 Å². The van der Waals surface area contributed by atoms with Gasteiger partial charge in [0.2, 0.25) is 0 Å². The van der Waals surface area contributed by atoms with Crippen molar-refractivity contribution < 1.29 is 28.6 Å². The number of esters is 3. The summed E-state index contributed by atoms with van der Waals surface area (Å²) in [6.07, 6.45) is 85.6. The van der Waals surface area contributed by atoms with Crippen LogP contribution >= 0.6 is 0 Å². The maximum Gasteiger partial charge on any atom is 0.306 e. The van der Waals surface area contributed by atoms with E-state index in [4.69, 9.17) is 14.2 Å². The van der Waals surface area contributed by atoms with E-state index in [0.717, 1.165) is 89.9 Å². The summed E-state index contributed by atoms with van der Waals surface area (Å²) in [5.41, 5.74) is 0. The number of rotatable bonds is 58. The van der Waals surface area contributed by atoms with Crippen LogP contribution in [-0.2, 0) is 28.6 Å². The maximum absolute atomic E-state index is 12.9. The molecule has 0 fully saturated rings. The van der Waals surface area contributed by atoms with Crippen LogP contribution in [0.15, 0.2) is 97.2 Å². The number of carbonyl (C=O) groups is 3. The molecule has 0 aliphatic carbocycles. The summed E-state index contributed by atoms with van der Waals surface area (Å²) in [4.78, 5) is 38.3. The maximum atomic E-state index is 12.9. The highest BCUT2D eigenvalue weighted by Crippen LogP contribution is 2.16. The largest absolute Gasteiger partial charge is 0.462 e. The number of unbranched alkanes of at least 4 members (excludes halogenated alkanes) is 31. The molecule has 1 unspecified atom stereocenters. The predicted octanol–water partition coefficient (Wildman–Crippen LogP) is 22.0. The molecule has 0 radical (unpaired) electrons. The minimum absolute atomic E-state index is 0.0934. The highest BCUT2D eigenvalue weighted by atomic mass is 16.6. The Kier molecular flexibility index (Phi) is 60.8. The average molecular weight is 1060 g/mol. The molecule has 0 saturated carbocycles. The first-order valence-corrected chi connectivity index (χ1v) is 32.2. The first-order valence-electron chi connectivity index (χ1n) is 32.2. The minimum atomic E-state index is -0.801. The molecule has 0 heterocycles. The normalized spacial score (nSPS) is 12.7. The third-order valence-electron chi connectivity index (χ3n) is 13.8. The number of hydrogen-bond acceptors (Lipinski definition) is 6. The van der Waals surface area contributed by atoms with Crippen molar-refractivity contribution in [3.63, 3.8) is 0 Å². The summed E-state index contributed by atoms with van der Waals surface area (Å²) < 4.78 is 16.9. The highest BCUT2D eigenvalue weighted by molar-refractivity contribution is 5.71. The lowest BCUT2D eigenvalue weighted by atomic mass is 10.0. The molecular weight excluding hydrogens is 937 g/mol. The molecule has 0 N–H and O–H groups in total. The molecule has 0 aliphatic heterocycles. The van der Waals surface area contributed by atoms with Gasteiger partial charge in [-0.25, -0.2) is 0 Å². The van der Waals surface area contributed by atoms with Crippen LogP contribution in [0.2, 0.25) is 0 Å². The second-order valence-electron chi connectivity index (χ2n) is 21.3. The van der Waals surface area contributed by atoms with Crippen LogP contribution in [0.25, 0.3) is 0 Å². The quantitative estimate of drug-likeness (QED) is 0.0261. The summed E-state index contributed by atoms with van der Waals surface area (Å²) in [5.74, 6) is -0.946. The van der Waals surface area contributed by atoms with Gasteiger partial charge >= 0.3 is 17.9 Å². The van der Waals surface area contributed by atoms with Gasteiger partial charge in [0.1, 0.15) is 13.2 Å². The van der Waals surface area contributed by atoms with Gasteiger partial charge in [0.15, 0.2) is 6.10 Å². The summed E-state index contributed by atoms with van der Waals surface area (Å²) in [6.45, 7) is 6.50. The zero-order valence-corrected chi connectivity index (χ0v) is 50.0. The van der Waals surface area contributed by atoms with E-state index in [1.807, 2.05) is 0 Å². The topological polar surface area (TPSA) is 78.9 Å². The summed E-state index contributed by atoms with van der Waals surface area (Å²) in [7, 11) is 0. The number of hydrogen-bond donors (Lipinski definition) is 0. The van der Waals surface area contributed by atoms with E-state index < -0.39 is 6.10 Å². The monoisotopic (exact) mass is 1060 g/mol. The molecule has 0 aromatic rings. The summed E-state index contributed by atoms with van der Waals surface area (Å²) in [6, 6.07) is 0. The van der Waals surface area contributed by atoms with Crippen LogP contribution in [0.4, 0.5) is 0 Å². The second-order valence-corrected chi connectivity index (χ2v) is 21.3. The molecule has 0 amide bonds. The van der Waals surface area contributed by atoms with E-state index in [0.29, 0.717) is 19.3 Å². The molecule has 0 aliphatic rings. The summed E-state index contributed by atoms with van der Waals surface area (Å²) in [5, 5.41) is 0. The number of carbonyl (C=O) groups excluding carboxylic acids is 3. The predicted molar refractivity (Wildman–Crippen MR) is 330 cm³/mol. The molecule has 1 atom stereocenters. The molecule has 76 heavy (non-hydrogen) atoms. The fourth-order valence-electron chi connectivity index (χ4n) is 9.02. The fourth-order valence-corrected chi connectivity index (χ4v) is 9.02. The lowest BCUT2D eigenvalue weighted by molar-refractivity contribution is -0.167. The van der Waals surface area contributed by atoms with Crippen molar-refractivity contribution in [2.75, 3.05) is 13.2 Å². The molecule has 0 saturated heterocycles. The van der Waals surface area contributed by atoms with Crippen molar-refractivity contribution in [3.05, 3.63) is 97.2 Å². The summed E-state index contributed by atoms with van der Waals surface area (Å²) >= 11 is 0. The van der Waals surface area contributed by atoms with Crippen molar-refractivity contribution in [2.45, 2.75) is 316 Å². The standard InChI is InChI=1S/C70H120O6/c1-4-7-10-13-16-19-22-25-27-29-31-33-35-37-39-41-43-45-48-51-54-57-60-63-69(72)75-66-67(65-74-68(71)62-59-56-53-50-47-24-21-18-15-12-9-6-3)76-70(73)64-61-58-55-52-49-46-44-42-40-38-36-34-32-30-28-26-23-20-17-14-11-8-5-2/h7,10,16,19,25,27,30-33,37,39,43,45,51,54,67H,4-6,8-9,11-15,17-18,20-24,26,28-29,34-36,38,40-42,44,46-50,52-53,55-66H2,1-3H3/b10-7-,19-16-,27-25-,32-30-,33-31-,39-37-,45-43-,54-51-. The molecule has 0 rings (SSSR count). The Hall–Kier alpha value is -3.67. The molecule has 6 heteroatoms. The Balaban J connectivity index is 4.40. The Morgan fingerprint density at radius 3 is 0.868 bits per heavy atom. The lowest BCUT2D eigenvalue weighted by Crippen LogP contribution is -2.30. The third-order valence-corrected chi connectivity index (χ3v) is 13.8. The van der Waals surface area contributed by atoms with Gasteiger partial charge in [-0.05, 0) is 96.3 Å². The smallest absolute Gasteiger partial charge is 0.306 e. The average Bonchev–Trinajstić information content (AvgIpc) is 3.42. The SMILES string of the molecule is CC/C=C\C/C=C\C/C=C\C/C=C\C/C=C\C/C=C\C/C=C\CCCC(=O)OCC(COC(=O)CCCCCCCCCCCCCC)OC(=O)CCCCCCCCCCCCC/C=C\CCCCCCCCCC. The molecule has 0 bridgehead atoms. The van der Waals surface area contributed by atoms with Gasteiger partial charge in [0, 0.05) is 19.3 Å². The van der Waals surface area contributed by atoms with Crippen LogP contribution in [-0.4, -0.2) is 37.2 Å². The Labute approximate surface area is 470 Å². The first-order chi connectivity index (χ1) is 37.5. The van der Waals surface area contributed by atoms with Crippen molar-refractivity contribution in [3.8, 4) is 0 Å². The Morgan fingerprint density at radius 2 is 0.526 bits per heavy atom. The molecule has 0 aromatic carbocycles. The van der Waals surface area contributed by atoms with E-state index in [2.05, 4.69) is 118 Å². The van der Waals surface area contributed by atoms with Crippen LogP contribution in [0, 0.1) is 0 Å². The van der Waals surface area contributed by atoms with Crippen LogP contribution in [0.3, 0.4) is 0 Å². The van der Waals surface area contributed by atoms with Crippen molar-refractivity contribution in [2.24, 2.45) is 0 Å². The lowest BCUT2D eigenvalue weighted by Gasteiger charge is -2.18. The third kappa shape index (κ3) is 61.2. The Morgan fingerprint density at radius 1 is 0.276 bits per heavy atom. The van der Waals surface area contributed by atoms with Gasteiger partial charge in [-0.1, -0.05) is 291 Å². The Bertz CT molecular complexity index is 1490. The molecule has 0 spiro atoms. The van der Waals surface area contributed by atoms with Crippen molar-refractivity contribution in [1.29, 1.82) is 0 Å². The van der Waals surface area contributed by atoms with Gasteiger partial charge in [-0.15, -0.1) is 0 Å².